The molecule has 0 radical (unpaired) electrons. The van der Waals surface area contributed by atoms with Gasteiger partial charge in [0.15, 0.2) is 0 Å². The predicted octanol–water partition coefficient (Wildman–Crippen LogP) is 0.685. The van der Waals surface area contributed by atoms with Crippen molar-refractivity contribution in [2.45, 2.75) is 13.0 Å². The Bertz CT molecular complexity index is 152. The van der Waals surface area contributed by atoms with E-state index in [2.05, 4.69) is 15.9 Å². The lowest BCUT2D eigenvalue weighted by Gasteiger charge is -1.93. The molecular formula is C6H8N2. The first-order valence-electron chi connectivity index (χ1n) is 2.66. The number of allylic oxidation sites excluding steroid dienone is 1. The van der Waals surface area contributed by atoms with Crippen LogP contribution in [0.2, 0.25) is 0 Å². The highest BCUT2D eigenvalue weighted by molar-refractivity contribution is 5.83. The Morgan fingerprint density at radius 2 is 2.62 bits per heavy atom. The second-order valence-electron chi connectivity index (χ2n) is 1.79. The van der Waals surface area contributed by atoms with Gasteiger partial charge in [0.25, 0.3) is 0 Å². The van der Waals surface area contributed by atoms with Crippen LogP contribution in [0.5, 0.6) is 0 Å². The highest BCUT2D eigenvalue weighted by Crippen LogP contribution is 1.88. The molecule has 0 bridgehead atoms. The first-order chi connectivity index (χ1) is 3.89. The molecule has 1 unspecified atom stereocenters. The van der Waals surface area contributed by atoms with Gasteiger partial charge in [-0.15, -0.1) is 0 Å². The van der Waals surface area contributed by atoms with Crippen molar-refractivity contribution in [2.24, 2.45) is 9.98 Å². The average molecular weight is 108 g/mol. The number of aliphatic imine (C=N–C) groups is 2. The highest BCUT2D eigenvalue weighted by atomic mass is 14.8. The third-order valence-corrected chi connectivity index (χ3v) is 0.919. The third-order valence-electron chi connectivity index (χ3n) is 0.919. The molecule has 0 aromatic carbocycles. The van der Waals surface area contributed by atoms with Gasteiger partial charge in [-0.2, -0.15) is 0 Å². The van der Waals surface area contributed by atoms with E-state index in [1.807, 2.05) is 6.92 Å². The van der Waals surface area contributed by atoms with E-state index < -0.39 is 0 Å². The summed E-state index contributed by atoms with van der Waals surface area (Å²) in [5, 5.41) is 0. The van der Waals surface area contributed by atoms with E-state index in [9.17, 15) is 0 Å². The molecule has 42 valence electrons. The Morgan fingerprint density at radius 3 is 3.50 bits per heavy atom. The van der Waals surface area contributed by atoms with Crippen LogP contribution in [-0.2, 0) is 0 Å². The molecule has 1 aliphatic rings. The number of nitrogens with zero attached hydrogens (tertiary/aromatic N) is 2. The van der Waals surface area contributed by atoms with Crippen molar-refractivity contribution >= 4 is 12.1 Å². The predicted molar refractivity (Wildman–Crippen MR) is 34.8 cm³/mol. The van der Waals surface area contributed by atoms with Crippen molar-refractivity contribution in [3.8, 4) is 0 Å². The van der Waals surface area contributed by atoms with Crippen LogP contribution in [0.1, 0.15) is 6.92 Å². The van der Waals surface area contributed by atoms with E-state index >= 15 is 0 Å². The van der Waals surface area contributed by atoms with Crippen LogP contribution in [-0.4, -0.2) is 24.7 Å². The summed E-state index contributed by atoms with van der Waals surface area (Å²) >= 11 is 0. The van der Waals surface area contributed by atoms with E-state index in [1.165, 1.54) is 0 Å². The minimum atomic E-state index is 0.310. The minimum absolute atomic E-state index is 0.310. The zero-order valence-corrected chi connectivity index (χ0v) is 4.83. The Labute approximate surface area is 48.7 Å². The summed E-state index contributed by atoms with van der Waals surface area (Å²) in [7, 11) is 0. The summed E-state index contributed by atoms with van der Waals surface area (Å²) in [4.78, 5) is 8.01. The van der Waals surface area contributed by atoms with E-state index in [1.54, 1.807) is 12.3 Å². The SMILES string of the molecule is CC1CN=CC=C=N1. The lowest BCUT2D eigenvalue weighted by molar-refractivity contribution is 0.765. The molecule has 0 aliphatic carbocycles. The Kier molecular flexibility index (Phi) is 1.60. The van der Waals surface area contributed by atoms with Gasteiger partial charge in [-0.05, 0) is 12.8 Å². The maximum atomic E-state index is 4.02. The van der Waals surface area contributed by atoms with Crippen LogP contribution in [0.3, 0.4) is 0 Å². The van der Waals surface area contributed by atoms with Crippen LogP contribution >= 0.6 is 0 Å². The van der Waals surface area contributed by atoms with Crippen molar-refractivity contribution in [2.75, 3.05) is 6.54 Å². The molecule has 1 atom stereocenters. The van der Waals surface area contributed by atoms with Crippen LogP contribution in [0.15, 0.2) is 16.1 Å². The maximum absolute atomic E-state index is 4.02. The van der Waals surface area contributed by atoms with Gasteiger partial charge in [-0.1, -0.05) is 0 Å². The zero-order valence-electron chi connectivity index (χ0n) is 4.83. The molecule has 1 heterocycles. The van der Waals surface area contributed by atoms with Gasteiger partial charge in [0.1, 0.15) is 0 Å². The maximum Gasteiger partial charge on any atom is 0.0760 e. The zero-order chi connectivity index (χ0) is 5.82. The van der Waals surface area contributed by atoms with Crippen LogP contribution in [0.4, 0.5) is 0 Å². The van der Waals surface area contributed by atoms with Gasteiger partial charge < -0.3 is 0 Å². The second kappa shape index (κ2) is 2.43. The third kappa shape index (κ3) is 1.32. The minimum Gasteiger partial charge on any atom is -0.290 e. The van der Waals surface area contributed by atoms with E-state index in [0.29, 0.717) is 6.04 Å². The summed E-state index contributed by atoms with van der Waals surface area (Å²) < 4.78 is 0. The summed E-state index contributed by atoms with van der Waals surface area (Å²) in [6.07, 6.45) is 3.45. The number of hydrogen-bond acceptors (Lipinski definition) is 2. The summed E-state index contributed by atoms with van der Waals surface area (Å²) in [5.74, 6) is 2.75. The van der Waals surface area contributed by atoms with Gasteiger partial charge in [0, 0.05) is 12.3 Å². The molecule has 2 nitrogen and oxygen atoms in total. The molecule has 0 fully saturated rings. The molecule has 0 aromatic heterocycles. The van der Waals surface area contributed by atoms with Crippen LogP contribution in [0.25, 0.3) is 0 Å². The largest absolute Gasteiger partial charge is 0.290 e. The quantitative estimate of drug-likeness (QED) is 0.436. The molecule has 0 saturated carbocycles. The fourth-order valence-electron chi connectivity index (χ4n) is 0.511. The molecule has 0 aromatic rings. The van der Waals surface area contributed by atoms with E-state index in [4.69, 9.17) is 0 Å². The van der Waals surface area contributed by atoms with Crippen molar-refractivity contribution in [3.63, 3.8) is 0 Å². The Morgan fingerprint density at radius 1 is 1.75 bits per heavy atom. The molecule has 0 spiro atoms. The number of rotatable bonds is 0. The first kappa shape index (κ1) is 5.26. The second-order valence-corrected chi connectivity index (χ2v) is 1.79. The molecule has 1 aliphatic heterocycles. The lowest BCUT2D eigenvalue weighted by atomic mass is 10.4. The van der Waals surface area contributed by atoms with Crippen molar-refractivity contribution in [3.05, 3.63) is 6.08 Å². The fraction of sp³-hybridized carbons (Fsp3) is 0.500. The average Bonchev–Trinajstić information content (AvgIpc) is 1.94. The molecular weight excluding hydrogens is 100 g/mol. The summed E-state index contributed by atoms with van der Waals surface area (Å²) in [5.41, 5.74) is 0. The highest BCUT2D eigenvalue weighted by Gasteiger charge is 1.93. The van der Waals surface area contributed by atoms with Gasteiger partial charge in [0.2, 0.25) is 0 Å². The summed E-state index contributed by atoms with van der Waals surface area (Å²) in [6.45, 7) is 2.81. The van der Waals surface area contributed by atoms with E-state index in [0.717, 1.165) is 6.54 Å². The van der Waals surface area contributed by atoms with E-state index in [-0.39, 0.29) is 0 Å². The van der Waals surface area contributed by atoms with Gasteiger partial charge in [-0.3, -0.25) is 4.99 Å². The summed E-state index contributed by atoms with van der Waals surface area (Å²) in [6, 6.07) is 0.310. The van der Waals surface area contributed by atoms with Crippen molar-refractivity contribution in [1.29, 1.82) is 0 Å². The molecule has 0 amide bonds. The smallest absolute Gasteiger partial charge is 0.0760 e. The standard InChI is InChI=1S/C6H8N2/c1-6-5-7-3-2-4-8-6/h2-3,6H,5H2,1H3. The molecule has 0 saturated heterocycles. The molecule has 8 heavy (non-hydrogen) atoms. The Balaban J connectivity index is 2.69. The lowest BCUT2D eigenvalue weighted by Crippen LogP contribution is -1.99. The molecule has 1 rings (SSSR count). The molecule has 2 heteroatoms. The monoisotopic (exact) mass is 108 g/mol. The van der Waals surface area contributed by atoms with Gasteiger partial charge >= 0.3 is 0 Å². The van der Waals surface area contributed by atoms with Crippen molar-refractivity contribution < 1.29 is 0 Å². The van der Waals surface area contributed by atoms with Crippen molar-refractivity contribution in [1.82, 2.24) is 0 Å². The van der Waals surface area contributed by atoms with Crippen LogP contribution < -0.4 is 0 Å². The Hall–Kier alpha value is -0.880. The number of hydrogen-bond donors (Lipinski definition) is 0. The fourth-order valence-corrected chi connectivity index (χ4v) is 0.511. The van der Waals surface area contributed by atoms with Gasteiger partial charge in [0.05, 0.1) is 12.6 Å². The topological polar surface area (TPSA) is 24.7 Å². The first-order valence-corrected chi connectivity index (χ1v) is 2.66. The normalized spacial score (nSPS) is 25.9. The van der Waals surface area contributed by atoms with Gasteiger partial charge in [-0.25, -0.2) is 4.99 Å². The van der Waals surface area contributed by atoms with Crippen LogP contribution in [0, 0.1) is 0 Å². The molecule has 0 N–H and O–H groups in total.